The number of hydrogen-bond acceptors (Lipinski definition) is 11. The highest BCUT2D eigenvalue weighted by molar-refractivity contribution is 5.98. The fraction of sp³-hybridized carbons (Fsp3) is 0.345. The van der Waals surface area contributed by atoms with E-state index in [1.807, 2.05) is 115 Å². The van der Waals surface area contributed by atoms with Crippen LogP contribution in [0.5, 0.6) is 0 Å². The fourth-order valence-corrected chi connectivity index (χ4v) is 11.2. The molecule has 9 atom stereocenters. The van der Waals surface area contributed by atoms with Gasteiger partial charge in [0.15, 0.2) is 17.5 Å². The van der Waals surface area contributed by atoms with Crippen LogP contribution in [0.4, 0.5) is 0 Å². The second kappa shape index (κ2) is 17.2. The molecule has 3 fully saturated rings. The Morgan fingerprint density at radius 3 is 1.89 bits per heavy atom. The molecule has 9 rings (SSSR count). The second-order valence-electron chi connectivity index (χ2n) is 18.9. The molecule has 1 aliphatic heterocycles. The first-order valence-corrected chi connectivity index (χ1v) is 22.4. The van der Waals surface area contributed by atoms with Crippen molar-refractivity contribution in [3.63, 3.8) is 0 Å². The molecule has 3 aliphatic carbocycles. The van der Waals surface area contributed by atoms with Crippen molar-refractivity contribution >= 4 is 57.4 Å². The summed E-state index contributed by atoms with van der Waals surface area (Å²) in [7, 11) is 0. The molecular weight excluding hydrogens is 837 g/mol. The Morgan fingerprint density at radius 2 is 1.33 bits per heavy atom. The van der Waals surface area contributed by atoms with E-state index in [2.05, 4.69) is 0 Å². The number of Topliss-reactive ketones (excluding diaryl/α,β-unsaturated/α-hetero) is 1. The summed E-state index contributed by atoms with van der Waals surface area (Å²) >= 11 is 0. The summed E-state index contributed by atoms with van der Waals surface area (Å²) in [5, 5.41) is 29.6. The first kappa shape index (κ1) is 44.9. The summed E-state index contributed by atoms with van der Waals surface area (Å²) in [6.07, 6.45) is -1.16. The van der Waals surface area contributed by atoms with Crippen molar-refractivity contribution in [2.75, 3.05) is 6.61 Å². The van der Waals surface area contributed by atoms with Gasteiger partial charge in [-0.1, -0.05) is 117 Å². The third-order valence-corrected chi connectivity index (χ3v) is 14.8. The molecule has 0 amide bonds. The molecule has 1 heterocycles. The number of aliphatic hydroxyl groups excluding tert-OH is 1. The highest BCUT2D eigenvalue weighted by Crippen LogP contribution is 2.64. The lowest BCUT2D eigenvalue weighted by molar-refractivity contribution is -0.352. The Morgan fingerprint density at radius 1 is 0.773 bits per heavy atom. The zero-order valence-electron chi connectivity index (χ0n) is 37.6. The highest BCUT2D eigenvalue weighted by Gasteiger charge is 2.78. The van der Waals surface area contributed by atoms with Crippen molar-refractivity contribution in [2.24, 2.45) is 16.7 Å². The monoisotopic (exact) mass is 890 g/mol. The average molecular weight is 891 g/mol. The van der Waals surface area contributed by atoms with Gasteiger partial charge in [0, 0.05) is 43.3 Å². The van der Waals surface area contributed by atoms with Crippen LogP contribution in [-0.4, -0.2) is 82.2 Å². The van der Waals surface area contributed by atoms with E-state index in [0.29, 0.717) is 11.1 Å². The van der Waals surface area contributed by atoms with Gasteiger partial charge in [0.2, 0.25) is 0 Å². The quantitative estimate of drug-likeness (QED) is 0.0603. The molecule has 0 unspecified atom stereocenters. The summed E-state index contributed by atoms with van der Waals surface area (Å²) < 4.78 is 32.1. The molecule has 2 N–H and O–H groups in total. The molecule has 2 saturated carbocycles. The van der Waals surface area contributed by atoms with Gasteiger partial charge in [-0.2, -0.15) is 0 Å². The van der Waals surface area contributed by atoms with E-state index < -0.39 is 82.2 Å². The third kappa shape index (κ3) is 7.67. The number of ketones is 1. The number of ether oxygens (including phenoxy) is 5. The minimum atomic E-state index is -2.02. The topological polar surface area (TPSA) is 155 Å². The number of benzene rings is 5. The summed E-state index contributed by atoms with van der Waals surface area (Å²) in [5.74, 6) is -4.25. The van der Waals surface area contributed by atoms with Crippen LogP contribution in [0.3, 0.4) is 0 Å². The molecule has 2 bridgehead atoms. The summed E-state index contributed by atoms with van der Waals surface area (Å²) in [4.78, 5) is 57.8. The van der Waals surface area contributed by atoms with Gasteiger partial charge in [-0.05, 0) is 87.5 Å². The standard InChI is InChI=1S/C55H54O11/c1-33-42(57)30-55(61)51(62-31-37-13-7-6-8-14-37)49-53(5,50(60)48(47(33)52(55,3)4)65-46(59)26-22-36-20-24-39-16-10-12-18-41(39)28-36)43(29-44-54(49,32-63-44)66-34(2)56)64-45(58)25-21-35-19-23-38-15-9-11-17-40(38)27-35/h6-28,42-44,48-49,51,57,61H,29-32H2,1-5H3/b25-21+,26-22+/t42-,43-,44+,48+,49-,51-,53+,54-,55+/m0/s1. The molecule has 1 saturated heterocycles. The van der Waals surface area contributed by atoms with Crippen molar-refractivity contribution in [2.45, 2.75) is 95.8 Å². The van der Waals surface area contributed by atoms with Gasteiger partial charge in [0.25, 0.3) is 0 Å². The van der Waals surface area contributed by atoms with Crippen LogP contribution in [0.2, 0.25) is 0 Å². The number of carbonyl (C=O) groups is 4. The molecule has 5 aromatic carbocycles. The summed E-state index contributed by atoms with van der Waals surface area (Å²) in [5.41, 5.74) is -4.17. The van der Waals surface area contributed by atoms with Gasteiger partial charge < -0.3 is 33.9 Å². The maximum atomic E-state index is 16.2. The van der Waals surface area contributed by atoms with Crippen LogP contribution >= 0.6 is 0 Å². The molecule has 11 nitrogen and oxygen atoms in total. The largest absolute Gasteiger partial charge is 0.458 e. The lowest BCUT2D eigenvalue weighted by Crippen LogP contribution is -2.82. The predicted octanol–water partition coefficient (Wildman–Crippen LogP) is 8.28. The van der Waals surface area contributed by atoms with Crippen molar-refractivity contribution in [1.82, 2.24) is 0 Å². The normalized spacial score (nSPS) is 30.3. The van der Waals surface area contributed by atoms with Gasteiger partial charge in [-0.15, -0.1) is 0 Å². The third-order valence-electron chi connectivity index (χ3n) is 14.8. The highest BCUT2D eigenvalue weighted by atomic mass is 16.6. The first-order chi connectivity index (χ1) is 31.5. The number of carbonyl (C=O) groups excluding carboxylic acids is 4. The molecule has 340 valence electrons. The van der Waals surface area contributed by atoms with E-state index in [9.17, 15) is 24.6 Å². The van der Waals surface area contributed by atoms with E-state index >= 15 is 4.79 Å². The zero-order chi connectivity index (χ0) is 46.6. The lowest BCUT2D eigenvalue weighted by Gasteiger charge is -2.68. The lowest BCUT2D eigenvalue weighted by atomic mass is 9.44. The fourth-order valence-electron chi connectivity index (χ4n) is 11.2. The van der Waals surface area contributed by atoms with E-state index in [1.165, 1.54) is 19.1 Å². The smallest absolute Gasteiger partial charge is 0.331 e. The van der Waals surface area contributed by atoms with Crippen molar-refractivity contribution in [3.8, 4) is 0 Å². The van der Waals surface area contributed by atoms with Gasteiger partial charge in [0.05, 0.1) is 30.8 Å². The number of fused-ring (bicyclic) bond motifs is 7. The van der Waals surface area contributed by atoms with E-state index in [4.69, 9.17) is 23.7 Å². The van der Waals surface area contributed by atoms with Crippen LogP contribution in [-0.2, 0) is 49.5 Å². The van der Waals surface area contributed by atoms with E-state index in [0.717, 1.165) is 32.7 Å². The van der Waals surface area contributed by atoms with Gasteiger partial charge >= 0.3 is 17.9 Å². The van der Waals surface area contributed by atoms with Crippen molar-refractivity contribution in [3.05, 3.63) is 155 Å². The van der Waals surface area contributed by atoms with Crippen LogP contribution in [0, 0.1) is 16.7 Å². The molecule has 5 aromatic rings. The Bertz CT molecular complexity index is 2830. The molecule has 66 heavy (non-hydrogen) atoms. The maximum Gasteiger partial charge on any atom is 0.331 e. The Balaban J connectivity index is 1.18. The second-order valence-corrected chi connectivity index (χ2v) is 18.9. The van der Waals surface area contributed by atoms with E-state index in [1.54, 1.807) is 39.8 Å². The SMILES string of the molecule is CC(=O)O[C@@]12CO[C@@H]1C[C@H](OC(=O)/C=C/c1ccc3ccccc3c1)[C@@]1(C)C(=O)[C@H](OC(=O)/C=C/c3ccc4ccccc4c3)C3=C(C)[C@@H](O)C[C@@](O)([C@@H](OCc4ccccc4)[C@H]21)C3(C)C. The van der Waals surface area contributed by atoms with Gasteiger partial charge in [-0.25, -0.2) is 9.59 Å². The summed E-state index contributed by atoms with van der Waals surface area (Å²) in [6, 6.07) is 36.5. The zero-order valence-corrected chi connectivity index (χ0v) is 37.6. The first-order valence-electron chi connectivity index (χ1n) is 22.4. The van der Waals surface area contributed by atoms with Crippen LogP contribution < -0.4 is 0 Å². The number of hydrogen-bond donors (Lipinski definition) is 2. The van der Waals surface area contributed by atoms with Gasteiger partial charge in [0.1, 0.15) is 17.8 Å². The minimum Gasteiger partial charge on any atom is -0.458 e. The molecule has 0 aromatic heterocycles. The van der Waals surface area contributed by atoms with Gasteiger partial charge in [-0.3, -0.25) is 9.59 Å². The minimum absolute atomic E-state index is 0.0442. The Kier molecular flexibility index (Phi) is 11.7. The number of esters is 3. The maximum absolute atomic E-state index is 16.2. The predicted molar refractivity (Wildman–Crippen MR) is 248 cm³/mol. The number of aliphatic hydroxyl groups is 2. The Labute approximate surface area is 383 Å². The molecule has 4 aliphatic rings. The van der Waals surface area contributed by atoms with E-state index in [-0.39, 0.29) is 31.6 Å². The van der Waals surface area contributed by atoms with Crippen LogP contribution in [0.25, 0.3) is 33.7 Å². The van der Waals surface area contributed by atoms with Crippen LogP contribution in [0.15, 0.2) is 139 Å². The van der Waals surface area contributed by atoms with Crippen LogP contribution in [0.1, 0.15) is 64.2 Å². The molecular formula is C55H54O11. The van der Waals surface area contributed by atoms with Crippen molar-refractivity contribution < 1.29 is 53.1 Å². The van der Waals surface area contributed by atoms with Crippen molar-refractivity contribution in [1.29, 1.82) is 0 Å². The Hall–Kier alpha value is -6.24. The number of rotatable bonds is 10. The molecule has 11 heteroatoms. The molecule has 0 spiro atoms. The molecule has 0 radical (unpaired) electrons. The average Bonchev–Trinajstić information content (AvgIpc) is 3.29. The summed E-state index contributed by atoms with van der Waals surface area (Å²) in [6.45, 7) is 7.80.